The van der Waals surface area contributed by atoms with Crippen molar-refractivity contribution in [1.82, 2.24) is 10.3 Å². The Bertz CT molecular complexity index is 428. The van der Waals surface area contributed by atoms with Crippen LogP contribution in [0.25, 0.3) is 0 Å². The van der Waals surface area contributed by atoms with Gasteiger partial charge in [-0.2, -0.15) is 0 Å². The van der Waals surface area contributed by atoms with Crippen LogP contribution in [0.15, 0.2) is 18.3 Å². The first-order chi connectivity index (χ1) is 8.97. The van der Waals surface area contributed by atoms with Crippen LogP contribution >= 0.6 is 0 Å². The molecule has 0 saturated carbocycles. The summed E-state index contributed by atoms with van der Waals surface area (Å²) >= 11 is 0. The molecule has 1 atom stereocenters. The molecule has 0 amide bonds. The molecule has 0 aromatic carbocycles. The third-order valence-electron chi connectivity index (χ3n) is 3.34. The molecular weight excluding hydrogens is 240 g/mol. The monoisotopic (exact) mass is 262 g/mol. The van der Waals surface area contributed by atoms with E-state index in [0.717, 1.165) is 13.1 Å². The zero-order valence-corrected chi connectivity index (χ0v) is 11.9. The minimum absolute atomic E-state index is 0.257. The average molecular weight is 262 g/mol. The summed E-state index contributed by atoms with van der Waals surface area (Å²) in [7, 11) is 0. The second-order valence-corrected chi connectivity index (χ2v) is 6.11. The first kappa shape index (κ1) is 14.0. The standard InChI is InChI=1S/C15H22N2O2/c1-15(2,3)14(18)19-13-7-6-12(10-17-13)11-5-4-8-16-9-11/h6-7,10-11,16H,4-5,8-9H2,1-3H3/t11-/m0/s1. The molecule has 1 aromatic heterocycles. The van der Waals surface area contributed by atoms with Crippen LogP contribution in [0.2, 0.25) is 0 Å². The molecule has 1 aliphatic rings. The highest BCUT2D eigenvalue weighted by atomic mass is 16.5. The zero-order valence-electron chi connectivity index (χ0n) is 11.9. The van der Waals surface area contributed by atoms with Gasteiger partial charge in [-0.15, -0.1) is 0 Å². The SMILES string of the molecule is CC(C)(C)C(=O)Oc1ccc([C@H]2CCCNC2)cn1. The van der Waals surface area contributed by atoms with E-state index >= 15 is 0 Å². The van der Waals surface area contributed by atoms with E-state index in [2.05, 4.69) is 10.3 Å². The number of hydrogen-bond acceptors (Lipinski definition) is 4. The number of nitrogens with one attached hydrogen (secondary N) is 1. The van der Waals surface area contributed by atoms with Gasteiger partial charge in [0, 0.05) is 18.8 Å². The molecule has 2 heterocycles. The maximum absolute atomic E-state index is 11.7. The first-order valence-corrected chi connectivity index (χ1v) is 6.86. The van der Waals surface area contributed by atoms with Crippen molar-refractivity contribution in [3.63, 3.8) is 0 Å². The van der Waals surface area contributed by atoms with E-state index in [0.29, 0.717) is 11.8 Å². The van der Waals surface area contributed by atoms with Crippen molar-refractivity contribution in [2.24, 2.45) is 5.41 Å². The van der Waals surface area contributed by atoms with E-state index in [4.69, 9.17) is 4.74 Å². The van der Waals surface area contributed by atoms with Crippen molar-refractivity contribution >= 4 is 5.97 Å². The average Bonchev–Trinajstić information content (AvgIpc) is 2.39. The van der Waals surface area contributed by atoms with Crippen LogP contribution < -0.4 is 10.1 Å². The molecule has 1 saturated heterocycles. The highest BCUT2D eigenvalue weighted by molar-refractivity contribution is 5.77. The molecule has 1 aromatic rings. The first-order valence-electron chi connectivity index (χ1n) is 6.86. The topological polar surface area (TPSA) is 51.2 Å². The molecule has 0 aliphatic carbocycles. The molecule has 1 fully saturated rings. The summed E-state index contributed by atoms with van der Waals surface area (Å²) in [6, 6.07) is 3.80. The predicted octanol–water partition coefficient (Wildman–Crippen LogP) is 2.50. The fourth-order valence-electron chi connectivity index (χ4n) is 2.08. The summed E-state index contributed by atoms with van der Waals surface area (Å²) in [5.41, 5.74) is 0.705. The van der Waals surface area contributed by atoms with Crippen LogP contribution in [0.4, 0.5) is 0 Å². The van der Waals surface area contributed by atoms with Crippen LogP contribution in [-0.4, -0.2) is 24.0 Å². The molecule has 104 valence electrons. The van der Waals surface area contributed by atoms with Crippen LogP contribution in [0.5, 0.6) is 5.88 Å². The van der Waals surface area contributed by atoms with E-state index in [1.165, 1.54) is 18.4 Å². The van der Waals surface area contributed by atoms with Crippen molar-refractivity contribution in [2.45, 2.75) is 39.5 Å². The Labute approximate surface area is 114 Å². The zero-order chi connectivity index (χ0) is 13.9. The Balaban J connectivity index is 2.00. The van der Waals surface area contributed by atoms with Crippen molar-refractivity contribution in [3.8, 4) is 5.88 Å². The number of nitrogens with zero attached hydrogens (tertiary/aromatic N) is 1. The van der Waals surface area contributed by atoms with Gasteiger partial charge in [0.1, 0.15) is 0 Å². The third kappa shape index (κ3) is 3.77. The second kappa shape index (κ2) is 5.70. The van der Waals surface area contributed by atoms with Gasteiger partial charge in [0.2, 0.25) is 5.88 Å². The minimum Gasteiger partial charge on any atom is -0.407 e. The van der Waals surface area contributed by atoms with Gasteiger partial charge in [-0.25, -0.2) is 4.98 Å². The van der Waals surface area contributed by atoms with E-state index in [1.807, 2.05) is 33.0 Å². The smallest absolute Gasteiger partial charge is 0.317 e. The number of pyridine rings is 1. The molecule has 1 N–H and O–H groups in total. The lowest BCUT2D eigenvalue weighted by Crippen LogP contribution is -2.28. The van der Waals surface area contributed by atoms with E-state index < -0.39 is 5.41 Å². The van der Waals surface area contributed by atoms with Gasteiger partial charge >= 0.3 is 5.97 Å². The molecule has 0 radical (unpaired) electrons. The van der Waals surface area contributed by atoms with Gasteiger partial charge in [0.25, 0.3) is 0 Å². The number of rotatable bonds is 2. The summed E-state index contributed by atoms with van der Waals surface area (Å²) in [6.45, 7) is 7.60. The second-order valence-electron chi connectivity index (χ2n) is 6.11. The number of piperidine rings is 1. The van der Waals surface area contributed by atoms with Crippen LogP contribution in [0.1, 0.15) is 45.1 Å². The summed E-state index contributed by atoms with van der Waals surface area (Å²) in [5, 5.41) is 3.39. The largest absolute Gasteiger partial charge is 0.407 e. The fourth-order valence-corrected chi connectivity index (χ4v) is 2.08. The number of carbonyl (C=O) groups is 1. The fraction of sp³-hybridized carbons (Fsp3) is 0.600. The van der Waals surface area contributed by atoms with Crippen molar-refractivity contribution in [3.05, 3.63) is 23.9 Å². The lowest BCUT2D eigenvalue weighted by molar-refractivity contribution is -0.143. The number of aromatic nitrogens is 1. The molecule has 19 heavy (non-hydrogen) atoms. The molecule has 4 heteroatoms. The minimum atomic E-state index is -0.506. The van der Waals surface area contributed by atoms with Gasteiger partial charge in [-0.05, 0) is 51.6 Å². The molecule has 0 bridgehead atoms. The molecule has 2 rings (SSSR count). The Morgan fingerprint density at radius 2 is 2.21 bits per heavy atom. The Morgan fingerprint density at radius 3 is 2.74 bits per heavy atom. The summed E-state index contributed by atoms with van der Waals surface area (Å²) < 4.78 is 5.26. The Morgan fingerprint density at radius 1 is 1.42 bits per heavy atom. The quantitative estimate of drug-likeness (QED) is 0.832. The van der Waals surface area contributed by atoms with Crippen LogP contribution in [0, 0.1) is 5.41 Å². The van der Waals surface area contributed by atoms with E-state index in [9.17, 15) is 4.79 Å². The lowest BCUT2D eigenvalue weighted by Gasteiger charge is -2.23. The normalized spacial score (nSPS) is 20.1. The van der Waals surface area contributed by atoms with Gasteiger partial charge in [-0.1, -0.05) is 6.07 Å². The van der Waals surface area contributed by atoms with Crippen LogP contribution in [-0.2, 0) is 4.79 Å². The number of ether oxygens (including phenoxy) is 1. The van der Waals surface area contributed by atoms with E-state index in [-0.39, 0.29) is 5.97 Å². The molecule has 0 unspecified atom stereocenters. The third-order valence-corrected chi connectivity index (χ3v) is 3.34. The van der Waals surface area contributed by atoms with Crippen molar-refractivity contribution in [1.29, 1.82) is 0 Å². The maximum atomic E-state index is 11.7. The van der Waals surface area contributed by atoms with Crippen molar-refractivity contribution < 1.29 is 9.53 Å². The van der Waals surface area contributed by atoms with Crippen molar-refractivity contribution in [2.75, 3.05) is 13.1 Å². The van der Waals surface area contributed by atoms with Gasteiger partial charge in [-0.3, -0.25) is 4.79 Å². The number of carbonyl (C=O) groups excluding carboxylic acids is 1. The number of hydrogen-bond donors (Lipinski definition) is 1. The Hall–Kier alpha value is -1.42. The number of esters is 1. The predicted molar refractivity (Wildman–Crippen MR) is 74.2 cm³/mol. The Kier molecular flexibility index (Phi) is 4.20. The summed E-state index contributed by atoms with van der Waals surface area (Å²) in [5.74, 6) is 0.646. The van der Waals surface area contributed by atoms with Crippen LogP contribution in [0.3, 0.4) is 0 Å². The van der Waals surface area contributed by atoms with Gasteiger partial charge < -0.3 is 10.1 Å². The van der Waals surface area contributed by atoms with Gasteiger partial charge in [0.05, 0.1) is 5.41 Å². The molecule has 0 spiro atoms. The highest BCUT2D eigenvalue weighted by Crippen LogP contribution is 2.24. The summed E-state index contributed by atoms with van der Waals surface area (Å²) in [6.07, 6.45) is 4.21. The lowest BCUT2D eigenvalue weighted by atomic mass is 9.93. The van der Waals surface area contributed by atoms with Gasteiger partial charge in [0.15, 0.2) is 0 Å². The van der Waals surface area contributed by atoms with E-state index in [1.54, 1.807) is 6.07 Å². The maximum Gasteiger partial charge on any atom is 0.317 e. The molecule has 4 nitrogen and oxygen atoms in total. The highest BCUT2D eigenvalue weighted by Gasteiger charge is 2.24. The molecule has 1 aliphatic heterocycles. The summed E-state index contributed by atoms with van der Waals surface area (Å²) in [4.78, 5) is 16.0. The molecular formula is C15H22N2O2.